The third-order valence-corrected chi connectivity index (χ3v) is 4.00. The molecule has 1 fully saturated rings. The summed E-state index contributed by atoms with van der Waals surface area (Å²) in [5, 5.41) is 2.95. The number of hydrogen-bond acceptors (Lipinski definition) is 3. The molecule has 1 aromatic carbocycles. The van der Waals surface area contributed by atoms with Crippen LogP contribution >= 0.6 is 0 Å². The number of amides is 1. The summed E-state index contributed by atoms with van der Waals surface area (Å²) in [4.78, 5) is 11.5. The van der Waals surface area contributed by atoms with E-state index in [-0.39, 0.29) is 18.1 Å². The number of anilines is 1. The van der Waals surface area contributed by atoms with Crippen molar-refractivity contribution in [1.82, 2.24) is 0 Å². The molecule has 2 aliphatic heterocycles. The summed E-state index contributed by atoms with van der Waals surface area (Å²) in [6, 6.07) is 6.05. The van der Waals surface area contributed by atoms with Gasteiger partial charge in [0.25, 0.3) is 0 Å². The minimum atomic E-state index is -0.0632. The Morgan fingerprint density at radius 1 is 1.32 bits per heavy atom. The highest BCUT2D eigenvalue weighted by Crippen LogP contribution is 2.29. The molecule has 1 saturated heterocycles. The molecule has 19 heavy (non-hydrogen) atoms. The van der Waals surface area contributed by atoms with Gasteiger partial charge >= 0.3 is 0 Å². The fourth-order valence-electron chi connectivity index (χ4n) is 2.90. The van der Waals surface area contributed by atoms with Crippen molar-refractivity contribution < 1.29 is 9.53 Å². The molecule has 0 radical (unpaired) electrons. The van der Waals surface area contributed by atoms with Crippen molar-refractivity contribution in [3.05, 3.63) is 29.3 Å². The van der Waals surface area contributed by atoms with E-state index in [0.717, 1.165) is 43.5 Å². The molecule has 2 atom stereocenters. The molecule has 3 N–H and O–H groups in total. The predicted octanol–water partition coefficient (Wildman–Crippen LogP) is 2.14. The summed E-state index contributed by atoms with van der Waals surface area (Å²) in [5.74, 6) is 0.106. The highest BCUT2D eigenvalue weighted by Gasteiger charge is 2.25. The van der Waals surface area contributed by atoms with E-state index < -0.39 is 0 Å². The quantitative estimate of drug-likeness (QED) is 0.856. The zero-order chi connectivity index (χ0) is 13.2. The smallest absolute Gasteiger partial charge is 0.224 e. The predicted molar refractivity (Wildman–Crippen MR) is 73.9 cm³/mol. The van der Waals surface area contributed by atoms with E-state index in [0.29, 0.717) is 6.42 Å². The van der Waals surface area contributed by atoms with Crippen molar-refractivity contribution >= 4 is 11.6 Å². The number of carbonyl (C=O) groups excluding carboxylic acids is 1. The summed E-state index contributed by atoms with van der Waals surface area (Å²) in [6.07, 6.45) is 4.70. The maximum atomic E-state index is 11.5. The largest absolute Gasteiger partial charge is 0.376 e. The maximum absolute atomic E-state index is 11.5. The molecule has 0 aliphatic carbocycles. The van der Waals surface area contributed by atoms with Gasteiger partial charge in [0.05, 0.1) is 12.1 Å². The Morgan fingerprint density at radius 3 is 3.00 bits per heavy atom. The van der Waals surface area contributed by atoms with Crippen LogP contribution in [0.25, 0.3) is 0 Å². The Bertz CT molecular complexity index is 481. The number of aryl methyl sites for hydroxylation is 1. The van der Waals surface area contributed by atoms with Gasteiger partial charge in [-0.3, -0.25) is 4.79 Å². The van der Waals surface area contributed by atoms with Crippen LogP contribution in [0.3, 0.4) is 0 Å². The molecule has 0 bridgehead atoms. The Kier molecular flexibility index (Phi) is 3.53. The van der Waals surface area contributed by atoms with Crippen molar-refractivity contribution in [3.63, 3.8) is 0 Å². The second-order valence-electron chi connectivity index (χ2n) is 5.40. The highest BCUT2D eigenvalue weighted by molar-refractivity contribution is 5.92. The van der Waals surface area contributed by atoms with Crippen LogP contribution in [0.2, 0.25) is 0 Å². The van der Waals surface area contributed by atoms with E-state index in [9.17, 15) is 4.79 Å². The van der Waals surface area contributed by atoms with Gasteiger partial charge in [0, 0.05) is 18.7 Å². The van der Waals surface area contributed by atoms with Crippen LogP contribution in [0.5, 0.6) is 0 Å². The van der Waals surface area contributed by atoms with Gasteiger partial charge in [0.2, 0.25) is 5.91 Å². The van der Waals surface area contributed by atoms with Crippen LogP contribution in [0.1, 0.15) is 42.9 Å². The molecule has 1 aromatic rings. The molecule has 4 heteroatoms. The van der Waals surface area contributed by atoms with Gasteiger partial charge in [0.15, 0.2) is 0 Å². The summed E-state index contributed by atoms with van der Waals surface area (Å²) in [5.41, 5.74) is 9.53. The number of fused-ring (bicyclic) bond motifs is 1. The average molecular weight is 260 g/mol. The van der Waals surface area contributed by atoms with Gasteiger partial charge in [-0.05, 0) is 42.9 Å². The molecule has 0 saturated carbocycles. The van der Waals surface area contributed by atoms with Crippen molar-refractivity contribution in [2.75, 3.05) is 11.9 Å². The molecule has 1 amide bonds. The average Bonchev–Trinajstić information content (AvgIpc) is 2.87. The van der Waals surface area contributed by atoms with E-state index in [1.54, 1.807) is 0 Å². The lowest BCUT2D eigenvalue weighted by molar-refractivity contribution is -0.116. The van der Waals surface area contributed by atoms with Crippen molar-refractivity contribution in [2.24, 2.45) is 5.73 Å². The van der Waals surface area contributed by atoms with Crippen LogP contribution in [-0.2, 0) is 16.0 Å². The van der Waals surface area contributed by atoms with Gasteiger partial charge in [-0.15, -0.1) is 0 Å². The molecule has 3 rings (SSSR count). The van der Waals surface area contributed by atoms with E-state index in [4.69, 9.17) is 10.5 Å². The Labute approximate surface area is 113 Å². The first kappa shape index (κ1) is 12.6. The molecule has 0 spiro atoms. The summed E-state index contributed by atoms with van der Waals surface area (Å²) in [7, 11) is 0. The number of nitrogens with two attached hydrogens (primary N) is 1. The van der Waals surface area contributed by atoms with Crippen LogP contribution in [0.4, 0.5) is 5.69 Å². The number of nitrogens with one attached hydrogen (secondary N) is 1. The third kappa shape index (κ3) is 2.65. The molecule has 0 aromatic heterocycles. The number of ether oxygens (including phenoxy) is 1. The SMILES string of the molecule is NC(c1ccc2c(c1)CCCC(=O)N2)C1CCCO1. The van der Waals surface area contributed by atoms with Crippen LogP contribution in [0.15, 0.2) is 18.2 Å². The Balaban J connectivity index is 1.84. The van der Waals surface area contributed by atoms with Gasteiger partial charge in [0.1, 0.15) is 0 Å². The summed E-state index contributed by atoms with van der Waals surface area (Å²) < 4.78 is 5.66. The van der Waals surface area contributed by atoms with E-state index in [2.05, 4.69) is 11.4 Å². The molecule has 2 heterocycles. The Hall–Kier alpha value is -1.39. The first-order chi connectivity index (χ1) is 9.24. The second-order valence-corrected chi connectivity index (χ2v) is 5.40. The lowest BCUT2D eigenvalue weighted by Gasteiger charge is -2.20. The zero-order valence-electron chi connectivity index (χ0n) is 11.0. The molecule has 4 nitrogen and oxygen atoms in total. The fourth-order valence-corrected chi connectivity index (χ4v) is 2.90. The standard InChI is InChI=1S/C15H20N2O2/c16-15(13-4-2-8-19-13)11-6-7-12-10(9-11)3-1-5-14(18)17-12/h6-7,9,13,15H,1-5,8,16H2,(H,17,18). The number of carbonyl (C=O) groups is 1. The lowest BCUT2D eigenvalue weighted by atomic mass is 9.96. The minimum Gasteiger partial charge on any atom is -0.376 e. The van der Waals surface area contributed by atoms with Crippen LogP contribution in [0, 0.1) is 0 Å². The second kappa shape index (κ2) is 5.31. The number of benzene rings is 1. The van der Waals surface area contributed by atoms with Crippen LogP contribution in [-0.4, -0.2) is 18.6 Å². The fraction of sp³-hybridized carbons (Fsp3) is 0.533. The number of hydrogen-bond donors (Lipinski definition) is 2. The zero-order valence-corrected chi connectivity index (χ0v) is 11.0. The molecule has 2 unspecified atom stereocenters. The minimum absolute atomic E-state index is 0.0632. The van der Waals surface area contributed by atoms with Crippen LogP contribution < -0.4 is 11.1 Å². The monoisotopic (exact) mass is 260 g/mol. The third-order valence-electron chi connectivity index (χ3n) is 4.00. The van der Waals surface area contributed by atoms with Crippen molar-refractivity contribution in [1.29, 1.82) is 0 Å². The van der Waals surface area contributed by atoms with Gasteiger partial charge in [-0.2, -0.15) is 0 Å². The topological polar surface area (TPSA) is 64.4 Å². The first-order valence-electron chi connectivity index (χ1n) is 7.04. The molecular formula is C15H20N2O2. The molecule has 102 valence electrons. The summed E-state index contributed by atoms with van der Waals surface area (Å²) >= 11 is 0. The van der Waals surface area contributed by atoms with E-state index in [1.165, 1.54) is 5.56 Å². The van der Waals surface area contributed by atoms with Gasteiger partial charge < -0.3 is 15.8 Å². The first-order valence-corrected chi connectivity index (χ1v) is 7.04. The Morgan fingerprint density at radius 2 is 2.21 bits per heavy atom. The molecular weight excluding hydrogens is 240 g/mol. The maximum Gasteiger partial charge on any atom is 0.224 e. The van der Waals surface area contributed by atoms with E-state index in [1.807, 2.05) is 12.1 Å². The van der Waals surface area contributed by atoms with Gasteiger partial charge in [-0.25, -0.2) is 0 Å². The highest BCUT2D eigenvalue weighted by atomic mass is 16.5. The summed E-state index contributed by atoms with van der Waals surface area (Å²) in [6.45, 7) is 0.819. The normalized spacial score (nSPS) is 24.5. The van der Waals surface area contributed by atoms with Crippen molar-refractivity contribution in [3.8, 4) is 0 Å². The van der Waals surface area contributed by atoms with E-state index >= 15 is 0 Å². The lowest BCUT2D eigenvalue weighted by Crippen LogP contribution is -2.25. The van der Waals surface area contributed by atoms with Gasteiger partial charge in [-0.1, -0.05) is 12.1 Å². The molecule has 2 aliphatic rings. The number of rotatable bonds is 2. The van der Waals surface area contributed by atoms with Crippen molar-refractivity contribution in [2.45, 2.75) is 44.2 Å².